The van der Waals surface area contributed by atoms with Gasteiger partial charge in [-0.15, -0.1) is 12.4 Å². The Morgan fingerprint density at radius 3 is 2.36 bits per heavy atom. The number of hydrogen-bond acceptors (Lipinski definition) is 5. The Hall–Kier alpha value is -2.29. The van der Waals surface area contributed by atoms with E-state index in [9.17, 15) is 13.2 Å². The molecular formula is C19H26ClN3O4S. The highest BCUT2D eigenvalue weighted by molar-refractivity contribution is 7.92. The minimum atomic E-state index is -3.86. The van der Waals surface area contributed by atoms with Gasteiger partial charge in [-0.05, 0) is 55.8 Å². The maximum absolute atomic E-state index is 12.8. The first-order chi connectivity index (χ1) is 12.7. The molecule has 1 unspecified atom stereocenters. The minimum Gasteiger partial charge on any atom is -0.497 e. The van der Waals surface area contributed by atoms with Crippen molar-refractivity contribution in [2.75, 3.05) is 25.4 Å². The third-order valence-electron chi connectivity index (χ3n) is 4.39. The first kappa shape index (κ1) is 23.7. The van der Waals surface area contributed by atoms with Gasteiger partial charge in [0.25, 0.3) is 15.9 Å². The number of hydrogen-bond donors (Lipinski definition) is 2. The fourth-order valence-corrected chi connectivity index (χ4v) is 3.78. The molecular weight excluding hydrogens is 402 g/mol. The second-order valence-corrected chi connectivity index (χ2v) is 7.97. The predicted molar refractivity (Wildman–Crippen MR) is 113 cm³/mol. The van der Waals surface area contributed by atoms with Crippen molar-refractivity contribution in [1.82, 2.24) is 4.90 Å². The predicted octanol–water partition coefficient (Wildman–Crippen LogP) is 2.65. The van der Waals surface area contributed by atoms with Gasteiger partial charge < -0.3 is 15.4 Å². The molecule has 0 bridgehead atoms. The van der Waals surface area contributed by atoms with Gasteiger partial charge in [-0.3, -0.25) is 9.52 Å². The topological polar surface area (TPSA) is 102 Å². The lowest BCUT2D eigenvalue weighted by molar-refractivity contribution is 0.0748. The number of carbonyl (C=O) groups excluding carboxylic acids is 1. The van der Waals surface area contributed by atoms with E-state index in [4.69, 9.17) is 10.5 Å². The van der Waals surface area contributed by atoms with Crippen LogP contribution >= 0.6 is 12.4 Å². The van der Waals surface area contributed by atoms with E-state index in [1.165, 1.54) is 18.1 Å². The Morgan fingerprint density at radius 2 is 1.82 bits per heavy atom. The van der Waals surface area contributed by atoms with Crippen LogP contribution in [0.3, 0.4) is 0 Å². The molecule has 9 heteroatoms. The second kappa shape index (κ2) is 9.77. The van der Waals surface area contributed by atoms with E-state index >= 15 is 0 Å². The first-order valence-corrected chi connectivity index (χ1v) is 9.92. The zero-order valence-electron chi connectivity index (χ0n) is 16.3. The summed E-state index contributed by atoms with van der Waals surface area (Å²) >= 11 is 0. The Bertz CT molecular complexity index is 917. The number of aryl methyl sites for hydroxylation is 1. The number of sulfonamides is 1. The van der Waals surface area contributed by atoms with E-state index in [0.29, 0.717) is 29.1 Å². The fraction of sp³-hybridized carbons (Fsp3) is 0.316. The third kappa shape index (κ3) is 5.37. The maximum atomic E-state index is 12.8. The number of halogens is 1. The summed E-state index contributed by atoms with van der Waals surface area (Å²) in [6, 6.07) is 11.0. The van der Waals surface area contributed by atoms with Crippen LogP contribution in [0.1, 0.15) is 22.8 Å². The summed E-state index contributed by atoms with van der Waals surface area (Å²) in [6.07, 6.45) is 0. The fourth-order valence-electron chi connectivity index (χ4n) is 2.45. The largest absolute Gasteiger partial charge is 0.497 e. The monoisotopic (exact) mass is 427 g/mol. The number of amides is 1. The van der Waals surface area contributed by atoms with Crippen LogP contribution in [0.5, 0.6) is 5.75 Å². The molecule has 0 aliphatic heterocycles. The summed E-state index contributed by atoms with van der Waals surface area (Å²) in [6.45, 7) is 3.83. The van der Waals surface area contributed by atoms with Crippen LogP contribution in [-0.4, -0.2) is 46.0 Å². The number of nitrogens with zero attached hydrogens (tertiary/aromatic N) is 1. The summed E-state index contributed by atoms with van der Waals surface area (Å²) in [7, 11) is -0.680. The summed E-state index contributed by atoms with van der Waals surface area (Å²) in [4.78, 5) is 14.2. The first-order valence-electron chi connectivity index (χ1n) is 8.44. The average Bonchev–Trinajstić information content (AvgIpc) is 2.66. The Labute approximate surface area is 172 Å². The van der Waals surface area contributed by atoms with Crippen molar-refractivity contribution in [3.63, 3.8) is 0 Å². The number of carbonyl (C=O) groups is 1. The van der Waals surface area contributed by atoms with Gasteiger partial charge in [-0.1, -0.05) is 6.07 Å². The molecule has 0 aromatic heterocycles. The minimum absolute atomic E-state index is 0. The highest BCUT2D eigenvalue weighted by Crippen LogP contribution is 2.23. The highest BCUT2D eigenvalue weighted by atomic mass is 35.5. The number of nitrogens with one attached hydrogen (secondary N) is 1. The maximum Gasteiger partial charge on any atom is 0.262 e. The molecule has 0 heterocycles. The number of rotatable bonds is 7. The van der Waals surface area contributed by atoms with Crippen molar-refractivity contribution in [3.8, 4) is 5.75 Å². The molecule has 2 aromatic rings. The van der Waals surface area contributed by atoms with E-state index in [2.05, 4.69) is 4.72 Å². The second-order valence-electron chi connectivity index (χ2n) is 6.32. The molecule has 1 amide bonds. The number of benzene rings is 2. The van der Waals surface area contributed by atoms with Gasteiger partial charge in [0, 0.05) is 30.9 Å². The van der Waals surface area contributed by atoms with Gasteiger partial charge in [0.05, 0.1) is 12.0 Å². The van der Waals surface area contributed by atoms with Crippen molar-refractivity contribution in [2.24, 2.45) is 5.73 Å². The smallest absolute Gasteiger partial charge is 0.262 e. The molecule has 28 heavy (non-hydrogen) atoms. The molecule has 3 N–H and O–H groups in total. The van der Waals surface area contributed by atoms with Crippen molar-refractivity contribution < 1.29 is 17.9 Å². The van der Waals surface area contributed by atoms with Crippen molar-refractivity contribution in [2.45, 2.75) is 24.8 Å². The lowest BCUT2D eigenvalue weighted by Crippen LogP contribution is -2.39. The molecule has 0 aliphatic rings. The molecule has 0 fully saturated rings. The quantitative estimate of drug-likeness (QED) is 0.707. The van der Waals surface area contributed by atoms with E-state index < -0.39 is 10.0 Å². The molecule has 2 aromatic carbocycles. The molecule has 0 saturated carbocycles. The average molecular weight is 428 g/mol. The van der Waals surface area contributed by atoms with E-state index in [0.717, 1.165) is 0 Å². The zero-order valence-corrected chi connectivity index (χ0v) is 17.9. The van der Waals surface area contributed by atoms with Crippen molar-refractivity contribution in [3.05, 3.63) is 53.6 Å². The molecule has 0 spiro atoms. The van der Waals surface area contributed by atoms with E-state index in [-0.39, 0.29) is 29.3 Å². The number of nitrogens with two attached hydrogens (primary N) is 1. The summed E-state index contributed by atoms with van der Waals surface area (Å²) < 4.78 is 33.2. The van der Waals surface area contributed by atoms with Gasteiger partial charge in [-0.25, -0.2) is 8.42 Å². The van der Waals surface area contributed by atoms with Crippen LogP contribution in [0.2, 0.25) is 0 Å². The van der Waals surface area contributed by atoms with Crippen LogP contribution in [0.4, 0.5) is 5.69 Å². The van der Waals surface area contributed by atoms with E-state index in [1.54, 1.807) is 50.4 Å². The molecule has 2 rings (SSSR count). The summed E-state index contributed by atoms with van der Waals surface area (Å²) in [5.74, 6) is 0.340. The molecule has 7 nitrogen and oxygen atoms in total. The molecule has 0 aliphatic carbocycles. The SMILES string of the molecule is COc1ccc(NS(=O)(=O)c2cc(C(=O)N(C)C(C)CN)ccc2C)cc1.Cl. The Kier molecular flexibility index (Phi) is 8.29. The van der Waals surface area contributed by atoms with Crippen molar-refractivity contribution >= 4 is 34.0 Å². The number of ether oxygens (including phenoxy) is 1. The van der Waals surface area contributed by atoms with Crippen LogP contribution < -0.4 is 15.2 Å². The van der Waals surface area contributed by atoms with Gasteiger partial charge in [-0.2, -0.15) is 0 Å². The molecule has 154 valence electrons. The Balaban J connectivity index is 0.00000392. The number of anilines is 1. The van der Waals surface area contributed by atoms with Gasteiger partial charge in [0.1, 0.15) is 5.75 Å². The lowest BCUT2D eigenvalue weighted by Gasteiger charge is -2.24. The third-order valence-corrected chi connectivity index (χ3v) is 5.91. The van der Waals surface area contributed by atoms with Crippen LogP contribution in [0.15, 0.2) is 47.4 Å². The Morgan fingerprint density at radius 1 is 1.21 bits per heavy atom. The van der Waals surface area contributed by atoms with Gasteiger partial charge in [0.2, 0.25) is 0 Å². The van der Waals surface area contributed by atoms with Crippen molar-refractivity contribution in [1.29, 1.82) is 0 Å². The molecule has 0 saturated heterocycles. The van der Waals surface area contributed by atoms with Crippen LogP contribution in [0.25, 0.3) is 0 Å². The summed E-state index contributed by atoms with van der Waals surface area (Å²) in [5, 5.41) is 0. The van der Waals surface area contributed by atoms with E-state index in [1.807, 2.05) is 6.92 Å². The highest BCUT2D eigenvalue weighted by Gasteiger charge is 2.22. The van der Waals surface area contributed by atoms with Gasteiger partial charge >= 0.3 is 0 Å². The van der Waals surface area contributed by atoms with Crippen LogP contribution in [0, 0.1) is 6.92 Å². The zero-order chi connectivity index (χ0) is 20.2. The number of likely N-dealkylation sites (N-methyl/N-ethyl adjacent to an activating group) is 1. The summed E-state index contributed by atoms with van der Waals surface area (Å²) in [5.41, 5.74) is 6.85. The standard InChI is InChI=1S/C19H25N3O4S.ClH/c1-13-5-6-15(19(23)22(3)14(2)12-20)11-18(13)27(24,25)21-16-7-9-17(26-4)10-8-16;/h5-11,14,21H,12,20H2,1-4H3;1H. The van der Waals surface area contributed by atoms with Crippen LogP contribution in [-0.2, 0) is 10.0 Å². The molecule has 1 atom stereocenters. The number of methoxy groups -OCH3 is 1. The molecule has 0 radical (unpaired) electrons. The lowest BCUT2D eigenvalue weighted by atomic mass is 10.1. The van der Waals surface area contributed by atoms with Gasteiger partial charge in [0.15, 0.2) is 0 Å². The normalized spacial score (nSPS) is 11.9.